The minimum Gasteiger partial charge on any atom is -0.497 e. The molecule has 4 heteroatoms. The number of carbonyl (C=O) groups is 2. The number of nitrogens with zero attached hydrogens (tertiary/aromatic N) is 1. The number of amides is 2. The quantitative estimate of drug-likeness (QED) is 0.601. The minimum atomic E-state index is -0.205. The van der Waals surface area contributed by atoms with Gasteiger partial charge in [0.25, 0.3) is 0 Å². The van der Waals surface area contributed by atoms with Crippen LogP contribution in [-0.2, 0) is 9.59 Å². The molecule has 4 nitrogen and oxygen atoms in total. The Balaban J connectivity index is 1.49. The Bertz CT molecular complexity index is 793. The molecule has 4 aliphatic rings. The number of imide groups is 1. The molecule has 1 aromatic carbocycles. The molecule has 1 heterocycles. The number of carbonyl (C=O) groups excluding carboxylic acids is 2. The molecule has 1 aromatic rings. The van der Waals surface area contributed by atoms with E-state index in [1.807, 2.05) is 0 Å². The van der Waals surface area contributed by atoms with E-state index in [9.17, 15) is 9.59 Å². The van der Waals surface area contributed by atoms with Crippen molar-refractivity contribution < 1.29 is 14.3 Å². The van der Waals surface area contributed by atoms with Gasteiger partial charge < -0.3 is 4.74 Å². The summed E-state index contributed by atoms with van der Waals surface area (Å²) in [6, 6.07) is 7.19. The molecule has 0 spiro atoms. The van der Waals surface area contributed by atoms with E-state index in [0.717, 1.165) is 18.6 Å². The fourth-order valence-corrected chi connectivity index (χ4v) is 5.49. The van der Waals surface area contributed by atoms with Crippen LogP contribution < -0.4 is 9.64 Å². The largest absolute Gasteiger partial charge is 0.497 e. The first-order valence-electron chi connectivity index (χ1n) is 9.62. The molecule has 2 saturated carbocycles. The molecule has 134 valence electrons. The second-order valence-electron chi connectivity index (χ2n) is 7.82. The lowest BCUT2D eigenvalue weighted by molar-refractivity contribution is -0.122. The van der Waals surface area contributed by atoms with Crippen molar-refractivity contribution in [3.63, 3.8) is 0 Å². The number of rotatable bonds is 2. The highest BCUT2D eigenvalue weighted by Crippen LogP contribution is 2.58. The van der Waals surface area contributed by atoms with Crippen molar-refractivity contribution in [2.24, 2.45) is 23.7 Å². The van der Waals surface area contributed by atoms with Crippen LogP contribution in [0.1, 0.15) is 32.1 Å². The van der Waals surface area contributed by atoms with Gasteiger partial charge in [0.2, 0.25) is 11.8 Å². The summed E-state index contributed by atoms with van der Waals surface area (Å²) in [7, 11) is 1.61. The normalized spacial score (nSPS) is 32.6. The molecule has 0 radical (unpaired) electrons. The number of fused-ring (bicyclic) bond motifs is 5. The summed E-state index contributed by atoms with van der Waals surface area (Å²) < 4.78 is 5.18. The van der Waals surface area contributed by atoms with Gasteiger partial charge in [-0.1, -0.05) is 29.7 Å². The van der Waals surface area contributed by atoms with Crippen molar-refractivity contribution in [2.75, 3.05) is 12.0 Å². The van der Waals surface area contributed by atoms with Crippen LogP contribution in [0.15, 0.2) is 47.6 Å². The van der Waals surface area contributed by atoms with Gasteiger partial charge in [0.05, 0.1) is 24.6 Å². The van der Waals surface area contributed by atoms with Gasteiger partial charge in [-0.25, -0.2) is 4.90 Å². The number of hydrogen-bond acceptors (Lipinski definition) is 3. The monoisotopic (exact) mass is 349 g/mol. The number of ether oxygens (including phenoxy) is 1. The summed E-state index contributed by atoms with van der Waals surface area (Å²) in [5.74, 6) is 0.523. The highest BCUT2D eigenvalue weighted by Gasteiger charge is 2.62. The molecular formula is C22H23NO3. The predicted octanol–water partition coefficient (Wildman–Crippen LogP) is 3.88. The first-order chi connectivity index (χ1) is 12.7. The Morgan fingerprint density at radius 1 is 0.885 bits per heavy atom. The van der Waals surface area contributed by atoms with E-state index in [4.69, 9.17) is 4.74 Å². The van der Waals surface area contributed by atoms with Crippen molar-refractivity contribution in [2.45, 2.75) is 32.1 Å². The molecule has 0 aromatic heterocycles. The number of anilines is 1. The molecule has 2 bridgehead atoms. The third-order valence-electron chi connectivity index (χ3n) is 6.61. The summed E-state index contributed by atoms with van der Waals surface area (Å²) in [5, 5.41) is 0. The van der Waals surface area contributed by atoms with Gasteiger partial charge in [0.1, 0.15) is 5.75 Å². The Hall–Kier alpha value is -2.36. The molecule has 1 aliphatic heterocycles. The number of benzene rings is 1. The summed E-state index contributed by atoms with van der Waals surface area (Å²) in [4.78, 5) is 27.8. The zero-order valence-electron chi connectivity index (χ0n) is 15.0. The Morgan fingerprint density at radius 2 is 1.46 bits per heavy atom. The van der Waals surface area contributed by atoms with Crippen LogP contribution >= 0.6 is 0 Å². The zero-order valence-corrected chi connectivity index (χ0v) is 15.0. The summed E-state index contributed by atoms with van der Waals surface area (Å²) in [6.45, 7) is 0. The van der Waals surface area contributed by atoms with Gasteiger partial charge in [-0.05, 0) is 49.9 Å². The maximum atomic E-state index is 13.2. The second kappa shape index (κ2) is 5.83. The average molecular weight is 349 g/mol. The molecule has 5 rings (SSSR count). The molecule has 3 aliphatic carbocycles. The van der Waals surface area contributed by atoms with Crippen LogP contribution in [0.2, 0.25) is 0 Å². The Morgan fingerprint density at radius 3 is 2.00 bits per heavy atom. The molecule has 1 saturated heterocycles. The Labute approximate surface area is 153 Å². The minimum absolute atomic E-state index is 0.0315. The molecule has 0 unspecified atom stereocenters. The van der Waals surface area contributed by atoms with E-state index in [2.05, 4.69) is 12.2 Å². The van der Waals surface area contributed by atoms with Crippen LogP contribution in [-0.4, -0.2) is 18.9 Å². The first kappa shape index (κ1) is 15.9. The molecule has 3 fully saturated rings. The van der Waals surface area contributed by atoms with Gasteiger partial charge in [-0.3, -0.25) is 9.59 Å². The van der Waals surface area contributed by atoms with Crippen LogP contribution in [0.4, 0.5) is 5.69 Å². The van der Waals surface area contributed by atoms with Gasteiger partial charge >= 0.3 is 0 Å². The van der Waals surface area contributed by atoms with Gasteiger partial charge in [0, 0.05) is 11.8 Å². The van der Waals surface area contributed by atoms with Crippen LogP contribution in [0.3, 0.4) is 0 Å². The Kier molecular flexibility index (Phi) is 3.56. The summed E-state index contributed by atoms with van der Waals surface area (Å²) in [5.41, 5.74) is 3.60. The second-order valence-corrected chi connectivity index (χ2v) is 7.82. The summed E-state index contributed by atoms with van der Waals surface area (Å²) in [6.07, 6.45) is 10.5. The van der Waals surface area contributed by atoms with E-state index in [1.165, 1.54) is 35.3 Å². The smallest absolute Gasteiger partial charge is 0.238 e. The molecule has 26 heavy (non-hydrogen) atoms. The highest BCUT2D eigenvalue weighted by molar-refractivity contribution is 6.23. The molecule has 2 amide bonds. The topological polar surface area (TPSA) is 46.6 Å². The predicted molar refractivity (Wildman–Crippen MR) is 98.7 cm³/mol. The van der Waals surface area contributed by atoms with E-state index in [-0.39, 0.29) is 35.5 Å². The van der Waals surface area contributed by atoms with E-state index in [1.54, 1.807) is 31.4 Å². The van der Waals surface area contributed by atoms with Gasteiger partial charge in [0.15, 0.2) is 0 Å². The third-order valence-corrected chi connectivity index (χ3v) is 6.61. The van der Waals surface area contributed by atoms with Crippen molar-refractivity contribution in [1.29, 1.82) is 0 Å². The molecule has 0 N–H and O–H groups in total. The molecular weight excluding hydrogens is 326 g/mol. The fraction of sp³-hybridized carbons (Fsp3) is 0.455. The van der Waals surface area contributed by atoms with E-state index >= 15 is 0 Å². The van der Waals surface area contributed by atoms with Crippen molar-refractivity contribution in [3.8, 4) is 5.75 Å². The average Bonchev–Trinajstić information content (AvgIpc) is 3.32. The number of hydrogen-bond donors (Lipinski definition) is 0. The lowest BCUT2D eigenvalue weighted by Crippen LogP contribution is -2.33. The maximum Gasteiger partial charge on any atom is 0.238 e. The van der Waals surface area contributed by atoms with Crippen molar-refractivity contribution in [3.05, 3.63) is 47.6 Å². The number of allylic oxidation sites excluding steroid dienone is 4. The third kappa shape index (κ3) is 2.08. The lowest BCUT2D eigenvalue weighted by atomic mass is 9.85. The fourth-order valence-electron chi connectivity index (χ4n) is 5.49. The van der Waals surface area contributed by atoms with Crippen LogP contribution in [0.5, 0.6) is 5.75 Å². The first-order valence-corrected chi connectivity index (χ1v) is 9.62. The lowest BCUT2D eigenvalue weighted by Gasteiger charge is -2.23. The van der Waals surface area contributed by atoms with Crippen molar-refractivity contribution in [1.82, 2.24) is 0 Å². The summed E-state index contributed by atoms with van der Waals surface area (Å²) >= 11 is 0. The number of methoxy groups -OCH3 is 1. The van der Waals surface area contributed by atoms with E-state index < -0.39 is 0 Å². The standard InChI is InChI=1S/C22H23NO3/c1-26-15-9-7-14(8-10-15)23-21(24)19-16-11-12-17(20(19)22(23)25)18(16)13-5-3-2-4-6-13/h7-12,16-17,19-20H,2-6H2,1H3/t16-,17+,19+,20-. The van der Waals surface area contributed by atoms with Crippen LogP contribution in [0, 0.1) is 23.7 Å². The van der Waals surface area contributed by atoms with Gasteiger partial charge in [-0.15, -0.1) is 0 Å². The SMILES string of the molecule is COc1ccc(N2C(=O)[C@@H]3[C@H](C2=O)[C@H]2C=C[C@@H]3C2=C2CCCCC2)cc1. The molecule has 4 atom stereocenters. The zero-order chi connectivity index (χ0) is 17.8. The van der Waals surface area contributed by atoms with Crippen LogP contribution in [0.25, 0.3) is 0 Å². The van der Waals surface area contributed by atoms with Gasteiger partial charge in [-0.2, -0.15) is 0 Å². The van der Waals surface area contributed by atoms with Crippen molar-refractivity contribution >= 4 is 17.5 Å². The van der Waals surface area contributed by atoms with E-state index in [0.29, 0.717) is 5.69 Å². The highest BCUT2D eigenvalue weighted by atomic mass is 16.5. The maximum absolute atomic E-state index is 13.2.